The van der Waals surface area contributed by atoms with Gasteiger partial charge < -0.3 is 0 Å². The van der Waals surface area contributed by atoms with Crippen LogP contribution in [0.2, 0.25) is 0 Å². The predicted octanol–water partition coefficient (Wildman–Crippen LogP) is 14.3. The maximum absolute atomic E-state index is 5.17. The second-order valence-corrected chi connectivity index (χ2v) is 17.0. The van der Waals surface area contributed by atoms with Gasteiger partial charge in [-0.3, -0.25) is 0 Å². The number of thiophene rings is 1. The molecule has 3 heterocycles. The molecule has 2 aliphatic rings. The zero-order chi connectivity index (χ0) is 37.5. The van der Waals surface area contributed by atoms with Crippen molar-refractivity contribution in [2.75, 3.05) is 0 Å². The number of benzene rings is 8. The highest BCUT2D eigenvalue weighted by molar-refractivity contribution is 7.99. The summed E-state index contributed by atoms with van der Waals surface area (Å²) in [6.45, 7) is 0. The zero-order valence-electron chi connectivity index (χ0n) is 30.7. The average Bonchev–Trinajstić information content (AvgIpc) is 3.81. The third-order valence-corrected chi connectivity index (χ3v) is 14.0. The molecule has 1 spiro atoms. The Morgan fingerprint density at radius 1 is 0.386 bits per heavy atom. The molecule has 266 valence electrons. The van der Waals surface area contributed by atoms with E-state index < -0.39 is 5.41 Å². The minimum atomic E-state index is -0.476. The third kappa shape index (κ3) is 4.91. The Morgan fingerprint density at radius 3 is 1.89 bits per heavy atom. The molecule has 0 fully saturated rings. The van der Waals surface area contributed by atoms with Crippen molar-refractivity contribution in [3.8, 4) is 56.2 Å². The molecule has 0 bridgehead atoms. The Morgan fingerprint density at radius 2 is 1.04 bits per heavy atom. The molecule has 10 aromatic rings. The van der Waals surface area contributed by atoms with E-state index in [4.69, 9.17) is 9.97 Å². The van der Waals surface area contributed by atoms with Gasteiger partial charge in [0.15, 0.2) is 5.82 Å². The lowest BCUT2D eigenvalue weighted by Gasteiger charge is -2.40. The number of fused-ring (bicyclic) bond motifs is 13. The topological polar surface area (TPSA) is 25.8 Å². The minimum Gasteiger partial charge on any atom is -0.228 e. The smallest absolute Gasteiger partial charge is 0.160 e. The van der Waals surface area contributed by atoms with E-state index >= 15 is 0 Å². The molecular formula is C53H32N2S2. The number of aromatic nitrogens is 2. The fourth-order valence-corrected chi connectivity index (χ4v) is 11.6. The van der Waals surface area contributed by atoms with E-state index in [-0.39, 0.29) is 0 Å². The fourth-order valence-electron chi connectivity index (χ4n) is 9.31. The first kappa shape index (κ1) is 32.6. The maximum atomic E-state index is 5.17. The van der Waals surface area contributed by atoms with Crippen LogP contribution in [0.3, 0.4) is 0 Å². The van der Waals surface area contributed by atoms with Crippen LogP contribution in [0, 0.1) is 0 Å². The minimum absolute atomic E-state index is 0.476. The Kier molecular flexibility index (Phi) is 7.28. The van der Waals surface area contributed by atoms with E-state index in [1.54, 1.807) is 0 Å². The van der Waals surface area contributed by atoms with E-state index in [9.17, 15) is 0 Å². The van der Waals surface area contributed by atoms with E-state index in [0.717, 1.165) is 39.5 Å². The summed E-state index contributed by atoms with van der Waals surface area (Å²) in [5.74, 6) is 0.717. The van der Waals surface area contributed by atoms with Crippen LogP contribution in [-0.4, -0.2) is 9.97 Å². The normalized spacial score (nSPS) is 15.0. The van der Waals surface area contributed by atoms with Crippen LogP contribution in [0.1, 0.15) is 22.3 Å². The number of hydrogen-bond acceptors (Lipinski definition) is 4. The van der Waals surface area contributed by atoms with Crippen LogP contribution in [0.25, 0.3) is 76.3 Å². The molecule has 0 radical (unpaired) electrons. The van der Waals surface area contributed by atoms with Crippen molar-refractivity contribution >= 4 is 43.3 Å². The second kappa shape index (κ2) is 12.7. The SMILES string of the molecule is c1ccc(-c2cc(-c3cccc(-c4ccc5c(c4)C4(c6ccccc6S5)c5ccccc5-c5c4ccc4sc6ccccc6c54)c3)nc(-c3ccccc3)n2)cc1. The molecule has 0 saturated heterocycles. The monoisotopic (exact) mass is 760 g/mol. The first-order valence-corrected chi connectivity index (χ1v) is 20.9. The van der Waals surface area contributed by atoms with Gasteiger partial charge in [0.05, 0.1) is 16.8 Å². The highest BCUT2D eigenvalue weighted by Crippen LogP contribution is 2.64. The van der Waals surface area contributed by atoms with E-state index in [1.807, 2.05) is 47.4 Å². The van der Waals surface area contributed by atoms with Crippen molar-refractivity contribution in [2.45, 2.75) is 15.2 Å². The molecule has 0 saturated carbocycles. The first-order chi connectivity index (χ1) is 28.2. The summed E-state index contributed by atoms with van der Waals surface area (Å²) in [4.78, 5) is 12.8. The molecule has 1 unspecified atom stereocenters. The Labute approximate surface area is 339 Å². The second-order valence-electron chi connectivity index (χ2n) is 14.8. The van der Waals surface area contributed by atoms with Gasteiger partial charge in [0.1, 0.15) is 0 Å². The molecule has 1 atom stereocenters. The highest BCUT2D eigenvalue weighted by Gasteiger charge is 2.51. The molecule has 0 amide bonds. The third-order valence-electron chi connectivity index (χ3n) is 11.8. The lowest BCUT2D eigenvalue weighted by atomic mass is 9.67. The van der Waals surface area contributed by atoms with Gasteiger partial charge in [-0.2, -0.15) is 0 Å². The number of rotatable bonds is 4. The van der Waals surface area contributed by atoms with Crippen molar-refractivity contribution in [3.63, 3.8) is 0 Å². The van der Waals surface area contributed by atoms with Gasteiger partial charge in [-0.25, -0.2) is 9.97 Å². The zero-order valence-corrected chi connectivity index (χ0v) is 32.3. The van der Waals surface area contributed by atoms with Gasteiger partial charge in [0, 0.05) is 46.7 Å². The van der Waals surface area contributed by atoms with Crippen LogP contribution >= 0.6 is 23.1 Å². The van der Waals surface area contributed by atoms with Gasteiger partial charge >= 0.3 is 0 Å². The van der Waals surface area contributed by atoms with Gasteiger partial charge in [0.2, 0.25) is 0 Å². The van der Waals surface area contributed by atoms with Gasteiger partial charge in [-0.15, -0.1) is 11.3 Å². The highest BCUT2D eigenvalue weighted by atomic mass is 32.2. The van der Waals surface area contributed by atoms with E-state index in [0.29, 0.717) is 0 Å². The molecule has 1 aliphatic carbocycles. The van der Waals surface area contributed by atoms with Gasteiger partial charge in [0.25, 0.3) is 0 Å². The van der Waals surface area contributed by atoms with Crippen molar-refractivity contribution in [3.05, 3.63) is 216 Å². The summed E-state index contributed by atoms with van der Waals surface area (Å²) in [5.41, 5.74) is 14.9. The van der Waals surface area contributed by atoms with Crippen molar-refractivity contribution in [2.24, 2.45) is 0 Å². The maximum Gasteiger partial charge on any atom is 0.160 e. The van der Waals surface area contributed by atoms with Crippen LogP contribution < -0.4 is 0 Å². The molecule has 2 aromatic heterocycles. The van der Waals surface area contributed by atoms with Crippen LogP contribution in [-0.2, 0) is 5.41 Å². The first-order valence-electron chi connectivity index (χ1n) is 19.3. The van der Waals surface area contributed by atoms with Crippen LogP contribution in [0.4, 0.5) is 0 Å². The largest absolute Gasteiger partial charge is 0.228 e. The molecule has 0 N–H and O–H groups in total. The van der Waals surface area contributed by atoms with Crippen molar-refractivity contribution in [1.29, 1.82) is 0 Å². The molecule has 4 heteroatoms. The predicted molar refractivity (Wildman–Crippen MR) is 238 cm³/mol. The number of nitrogens with zero attached hydrogens (tertiary/aromatic N) is 2. The Bertz CT molecular complexity index is 3160. The van der Waals surface area contributed by atoms with Gasteiger partial charge in [-0.1, -0.05) is 163 Å². The molecule has 12 rings (SSSR count). The van der Waals surface area contributed by atoms with Gasteiger partial charge in [-0.05, 0) is 87.0 Å². The van der Waals surface area contributed by atoms with Crippen LogP contribution in [0.5, 0.6) is 0 Å². The summed E-state index contributed by atoms with van der Waals surface area (Å²) in [6, 6.07) is 70.7. The number of hydrogen-bond donors (Lipinski definition) is 0. The molecular weight excluding hydrogens is 729 g/mol. The van der Waals surface area contributed by atoms with E-state index in [1.165, 1.54) is 68.9 Å². The average molecular weight is 761 g/mol. The lowest BCUT2D eigenvalue weighted by molar-refractivity contribution is 0.723. The van der Waals surface area contributed by atoms with Crippen molar-refractivity contribution < 1.29 is 0 Å². The van der Waals surface area contributed by atoms with Crippen LogP contribution in [0.15, 0.2) is 204 Å². The molecule has 2 nitrogen and oxygen atoms in total. The fraction of sp³-hybridized carbons (Fsp3) is 0.0189. The standard InChI is InChI=1S/C53H32N2S2/c1-3-14-33(15-4-1)44-32-45(55-52(54-44)34-16-5-2-6-17-34)37-19-13-18-35(30-37)36-26-28-48-43(31-36)53(41-23-10-12-25-47(41)57-48)40-22-9-7-20-38(40)50-42(53)27-29-49-51(50)39-21-8-11-24-46(39)56-49/h1-32H. The quantitative estimate of drug-likeness (QED) is 0.179. The summed E-state index contributed by atoms with van der Waals surface area (Å²) in [5, 5.41) is 2.70. The molecule has 8 aromatic carbocycles. The summed E-state index contributed by atoms with van der Waals surface area (Å²) in [7, 11) is 0. The van der Waals surface area contributed by atoms with Crippen molar-refractivity contribution in [1.82, 2.24) is 9.97 Å². The Hall–Kier alpha value is -6.59. The summed E-state index contributed by atoms with van der Waals surface area (Å²) in [6.07, 6.45) is 0. The molecule has 57 heavy (non-hydrogen) atoms. The Balaban J connectivity index is 1.07. The lowest BCUT2D eigenvalue weighted by Crippen LogP contribution is -2.32. The summed E-state index contributed by atoms with van der Waals surface area (Å²) >= 11 is 3.78. The molecule has 1 aliphatic heterocycles. The van der Waals surface area contributed by atoms with E-state index in [2.05, 4.69) is 170 Å². The summed E-state index contributed by atoms with van der Waals surface area (Å²) < 4.78 is 2.67.